The molecule has 4 aliphatic rings. The Labute approximate surface area is 85.4 Å². The van der Waals surface area contributed by atoms with Crippen molar-refractivity contribution in [2.24, 2.45) is 5.92 Å². The molecule has 0 radical (unpaired) electrons. The van der Waals surface area contributed by atoms with Gasteiger partial charge in [-0.3, -0.25) is 0 Å². The van der Waals surface area contributed by atoms with Gasteiger partial charge in [-0.1, -0.05) is 0 Å². The highest BCUT2D eigenvalue weighted by Gasteiger charge is 2.54. The van der Waals surface area contributed by atoms with Gasteiger partial charge in [-0.15, -0.1) is 0 Å². The molecule has 14 heavy (non-hydrogen) atoms. The lowest BCUT2D eigenvalue weighted by atomic mass is 9.76. The highest BCUT2D eigenvalue weighted by molar-refractivity contribution is 5.02. The Morgan fingerprint density at radius 1 is 1.21 bits per heavy atom. The first kappa shape index (κ1) is 9.13. The van der Waals surface area contributed by atoms with Crippen LogP contribution in [0.2, 0.25) is 0 Å². The van der Waals surface area contributed by atoms with Gasteiger partial charge >= 0.3 is 0 Å². The summed E-state index contributed by atoms with van der Waals surface area (Å²) in [5.74, 6) is 0.368. The molecule has 4 rings (SSSR count). The molecule has 4 fully saturated rings. The van der Waals surface area contributed by atoms with Gasteiger partial charge in [-0.05, 0) is 45.7 Å². The third-order valence-electron chi connectivity index (χ3n) is 3.94. The fraction of sp³-hybridized carbons (Fsp3) is 1.00. The minimum atomic E-state index is -0.362. The van der Waals surface area contributed by atoms with Crippen molar-refractivity contribution >= 4 is 0 Å². The number of piperidine rings is 3. The lowest BCUT2D eigenvalue weighted by molar-refractivity contribution is -0.196. The highest BCUT2D eigenvalue weighted by Crippen LogP contribution is 2.44. The summed E-state index contributed by atoms with van der Waals surface area (Å²) >= 11 is 0. The highest BCUT2D eigenvalue weighted by atomic mass is 16.8. The second-order valence-corrected chi connectivity index (χ2v) is 5.41. The van der Waals surface area contributed by atoms with Crippen LogP contribution < -0.4 is 0 Å². The van der Waals surface area contributed by atoms with Gasteiger partial charge < -0.3 is 14.4 Å². The first-order valence-corrected chi connectivity index (χ1v) is 5.66. The van der Waals surface area contributed by atoms with Crippen LogP contribution in [-0.2, 0) is 9.47 Å². The molecule has 4 saturated heterocycles. The van der Waals surface area contributed by atoms with Crippen molar-refractivity contribution in [1.29, 1.82) is 0 Å². The van der Waals surface area contributed by atoms with E-state index in [4.69, 9.17) is 9.47 Å². The lowest BCUT2D eigenvalue weighted by Gasteiger charge is -2.50. The second-order valence-electron chi connectivity index (χ2n) is 5.41. The van der Waals surface area contributed by atoms with Crippen molar-refractivity contribution in [1.82, 2.24) is 4.90 Å². The van der Waals surface area contributed by atoms with E-state index in [1.165, 1.54) is 25.9 Å². The summed E-state index contributed by atoms with van der Waals surface area (Å²) < 4.78 is 11.9. The van der Waals surface area contributed by atoms with E-state index in [1.807, 2.05) is 13.8 Å². The lowest BCUT2D eigenvalue weighted by Crippen LogP contribution is -2.60. The fourth-order valence-corrected chi connectivity index (χ4v) is 3.25. The van der Waals surface area contributed by atoms with Gasteiger partial charge in [0.1, 0.15) is 5.60 Å². The monoisotopic (exact) mass is 197 g/mol. The molecule has 0 aromatic carbocycles. The van der Waals surface area contributed by atoms with Gasteiger partial charge in [-0.25, -0.2) is 0 Å². The van der Waals surface area contributed by atoms with Crippen LogP contribution in [0.15, 0.2) is 0 Å². The minimum Gasteiger partial charge on any atom is -0.347 e. The molecule has 1 unspecified atom stereocenters. The van der Waals surface area contributed by atoms with Gasteiger partial charge in [0, 0.05) is 6.54 Å². The summed E-state index contributed by atoms with van der Waals surface area (Å²) in [6.07, 6.45) is 2.58. The Morgan fingerprint density at radius 2 is 1.93 bits per heavy atom. The smallest absolute Gasteiger partial charge is 0.163 e. The number of fused-ring (bicyclic) bond motifs is 2. The zero-order valence-electron chi connectivity index (χ0n) is 9.08. The molecular weight excluding hydrogens is 178 g/mol. The van der Waals surface area contributed by atoms with Crippen LogP contribution in [0.25, 0.3) is 0 Å². The summed E-state index contributed by atoms with van der Waals surface area (Å²) in [6, 6.07) is 0. The molecule has 0 saturated carbocycles. The molecule has 0 aromatic rings. The minimum absolute atomic E-state index is 0.0278. The first-order valence-electron chi connectivity index (χ1n) is 5.66. The van der Waals surface area contributed by atoms with Crippen molar-refractivity contribution in [2.75, 3.05) is 26.2 Å². The molecule has 80 valence electrons. The number of rotatable bonds is 0. The number of hydrogen-bond donors (Lipinski definition) is 0. The first-order chi connectivity index (χ1) is 6.60. The SMILES string of the molecule is CC1(C)OCC2(CN3CCC2CC3)O1. The Hall–Kier alpha value is -0.120. The maximum Gasteiger partial charge on any atom is 0.163 e. The van der Waals surface area contributed by atoms with Crippen LogP contribution in [0.4, 0.5) is 0 Å². The molecule has 1 spiro atoms. The van der Waals surface area contributed by atoms with E-state index >= 15 is 0 Å². The van der Waals surface area contributed by atoms with E-state index in [9.17, 15) is 0 Å². The zero-order valence-corrected chi connectivity index (χ0v) is 9.08. The Morgan fingerprint density at radius 3 is 2.36 bits per heavy atom. The molecule has 4 heterocycles. The maximum absolute atomic E-state index is 6.15. The fourth-order valence-electron chi connectivity index (χ4n) is 3.25. The van der Waals surface area contributed by atoms with Crippen molar-refractivity contribution < 1.29 is 9.47 Å². The summed E-state index contributed by atoms with van der Waals surface area (Å²) in [7, 11) is 0. The molecular formula is C11H19NO2. The van der Waals surface area contributed by atoms with Crippen LogP contribution in [0.5, 0.6) is 0 Å². The molecule has 0 aromatic heterocycles. The Bertz CT molecular complexity index is 246. The van der Waals surface area contributed by atoms with Crippen LogP contribution in [-0.4, -0.2) is 42.5 Å². The summed E-state index contributed by atoms with van der Waals surface area (Å²) in [6.45, 7) is 8.45. The van der Waals surface area contributed by atoms with E-state index in [1.54, 1.807) is 0 Å². The molecule has 4 aliphatic heterocycles. The van der Waals surface area contributed by atoms with Gasteiger partial charge in [0.05, 0.1) is 6.61 Å². The Balaban J connectivity index is 1.84. The summed E-state index contributed by atoms with van der Waals surface area (Å²) in [5, 5.41) is 0. The number of hydrogen-bond acceptors (Lipinski definition) is 3. The van der Waals surface area contributed by atoms with Gasteiger partial charge in [-0.2, -0.15) is 0 Å². The van der Waals surface area contributed by atoms with Crippen LogP contribution >= 0.6 is 0 Å². The molecule has 1 atom stereocenters. The van der Waals surface area contributed by atoms with Crippen molar-refractivity contribution in [3.05, 3.63) is 0 Å². The third kappa shape index (κ3) is 1.23. The third-order valence-corrected chi connectivity index (χ3v) is 3.94. The topological polar surface area (TPSA) is 21.7 Å². The summed E-state index contributed by atoms with van der Waals surface area (Å²) in [5.41, 5.74) is 0.0278. The number of ether oxygens (including phenoxy) is 2. The Kier molecular flexibility index (Phi) is 1.77. The quantitative estimate of drug-likeness (QED) is 0.583. The maximum atomic E-state index is 6.15. The second kappa shape index (κ2) is 2.71. The summed E-state index contributed by atoms with van der Waals surface area (Å²) in [4.78, 5) is 2.52. The average Bonchev–Trinajstić information content (AvgIpc) is 2.44. The molecule has 0 amide bonds. The molecule has 2 bridgehead atoms. The van der Waals surface area contributed by atoms with Crippen LogP contribution in [0, 0.1) is 5.92 Å². The van der Waals surface area contributed by atoms with Crippen LogP contribution in [0.1, 0.15) is 26.7 Å². The van der Waals surface area contributed by atoms with Gasteiger partial charge in [0.25, 0.3) is 0 Å². The largest absolute Gasteiger partial charge is 0.347 e. The molecule has 0 aliphatic carbocycles. The standard InChI is InChI=1S/C11H19NO2/c1-10(2)13-8-11(14-10)7-12-5-3-9(11)4-6-12/h9H,3-8H2,1-2H3. The van der Waals surface area contributed by atoms with E-state index < -0.39 is 0 Å². The predicted molar refractivity (Wildman–Crippen MR) is 53.0 cm³/mol. The van der Waals surface area contributed by atoms with Gasteiger partial charge in [0.2, 0.25) is 0 Å². The van der Waals surface area contributed by atoms with E-state index in [-0.39, 0.29) is 11.4 Å². The molecule has 3 nitrogen and oxygen atoms in total. The zero-order chi connectivity index (χ0) is 9.81. The predicted octanol–water partition coefficient (Wildman–Crippen LogP) is 1.23. The number of nitrogens with zero attached hydrogens (tertiary/aromatic N) is 1. The molecule has 3 heteroatoms. The van der Waals surface area contributed by atoms with E-state index in [2.05, 4.69) is 4.90 Å². The van der Waals surface area contributed by atoms with Gasteiger partial charge in [0.15, 0.2) is 5.79 Å². The van der Waals surface area contributed by atoms with Crippen molar-refractivity contribution in [3.8, 4) is 0 Å². The average molecular weight is 197 g/mol. The van der Waals surface area contributed by atoms with E-state index in [0.29, 0.717) is 0 Å². The molecule has 0 N–H and O–H groups in total. The van der Waals surface area contributed by atoms with Crippen molar-refractivity contribution in [3.63, 3.8) is 0 Å². The van der Waals surface area contributed by atoms with Crippen LogP contribution in [0.3, 0.4) is 0 Å². The van der Waals surface area contributed by atoms with E-state index in [0.717, 1.165) is 19.1 Å². The van der Waals surface area contributed by atoms with Crippen molar-refractivity contribution in [2.45, 2.75) is 38.1 Å². The normalized spacial score (nSPS) is 50.1.